The molecule has 0 bridgehead atoms. The van der Waals surface area contributed by atoms with Crippen molar-refractivity contribution in [1.29, 1.82) is 0 Å². The van der Waals surface area contributed by atoms with Crippen molar-refractivity contribution < 1.29 is 8.42 Å². The molecule has 1 aromatic carbocycles. The van der Waals surface area contributed by atoms with Gasteiger partial charge in [-0.3, -0.25) is 0 Å². The van der Waals surface area contributed by atoms with Crippen molar-refractivity contribution in [3.63, 3.8) is 0 Å². The Balaban J connectivity index is 0.000000921. The molecule has 0 unspecified atom stereocenters. The fourth-order valence-electron chi connectivity index (χ4n) is 1.00. The van der Waals surface area contributed by atoms with E-state index in [-0.39, 0.29) is 5.25 Å². The van der Waals surface area contributed by atoms with Crippen LogP contribution in [0.25, 0.3) is 0 Å². The van der Waals surface area contributed by atoms with Crippen molar-refractivity contribution in [2.45, 2.75) is 44.8 Å². The minimum absolute atomic E-state index is 0.352. The van der Waals surface area contributed by atoms with E-state index in [1.165, 1.54) is 0 Å². The number of hydrogen-bond acceptors (Lipinski definition) is 2. The van der Waals surface area contributed by atoms with Gasteiger partial charge >= 0.3 is 0 Å². The maximum Gasteiger partial charge on any atom is 0.180 e. The summed E-state index contributed by atoms with van der Waals surface area (Å²) >= 11 is 0. The molecule has 0 spiro atoms. The van der Waals surface area contributed by atoms with Crippen LogP contribution < -0.4 is 0 Å². The third-order valence-electron chi connectivity index (χ3n) is 1.97. The van der Waals surface area contributed by atoms with Crippen LogP contribution in [0.4, 0.5) is 0 Å². The Kier molecular flexibility index (Phi) is 5.58. The number of sulfone groups is 1. The maximum atomic E-state index is 11.6. The molecule has 1 aromatic rings. The Labute approximate surface area is 93.3 Å². The molecule has 0 saturated heterocycles. The molecule has 0 aromatic heterocycles. The lowest BCUT2D eigenvalue weighted by atomic mass is 10.2. The normalized spacial score (nSPS) is 10.8. The Hall–Kier alpha value is -0.830. The smallest absolute Gasteiger partial charge is 0.180 e. The Bertz CT molecular complexity index is 375. The lowest BCUT2D eigenvalue weighted by Gasteiger charge is -2.07. The molecule has 15 heavy (non-hydrogen) atoms. The van der Waals surface area contributed by atoms with Gasteiger partial charge in [-0.2, -0.15) is 0 Å². The first-order valence-corrected chi connectivity index (χ1v) is 6.80. The van der Waals surface area contributed by atoms with Crippen LogP contribution in [0.5, 0.6) is 0 Å². The molecule has 0 heterocycles. The molecule has 0 N–H and O–H groups in total. The fourth-order valence-corrected chi connectivity index (χ4v) is 2.06. The van der Waals surface area contributed by atoms with E-state index < -0.39 is 9.84 Å². The van der Waals surface area contributed by atoms with Gasteiger partial charge in [0.1, 0.15) is 0 Å². The van der Waals surface area contributed by atoms with E-state index in [0.29, 0.717) is 4.90 Å². The van der Waals surface area contributed by atoms with E-state index in [1.807, 2.05) is 32.9 Å². The summed E-state index contributed by atoms with van der Waals surface area (Å²) in [6.07, 6.45) is 0. The molecule has 0 radical (unpaired) electrons. The summed E-state index contributed by atoms with van der Waals surface area (Å²) in [6.45, 7) is 9.32. The summed E-state index contributed by atoms with van der Waals surface area (Å²) in [7, 11) is -3.09. The number of hydrogen-bond donors (Lipinski definition) is 0. The molecule has 2 nitrogen and oxygen atoms in total. The highest BCUT2D eigenvalue weighted by Gasteiger charge is 2.18. The highest BCUT2D eigenvalue weighted by Crippen LogP contribution is 2.15. The molecule has 3 heteroatoms. The molecule has 1 rings (SSSR count). The fraction of sp³-hybridized carbons (Fsp3) is 0.500. The highest BCUT2D eigenvalue weighted by atomic mass is 32.2. The third kappa shape index (κ3) is 3.67. The molecular weight excluding hydrogens is 208 g/mol. The van der Waals surface area contributed by atoms with E-state index in [4.69, 9.17) is 0 Å². The van der Waals surface area contributed by atoms with Gasteiger partial charge in [-0.05, 0) is 32.9 Å². The second kappa shape index (κ2) is 5.91. The average Bonchev–Trinajstić information content (AvgIpc) is 2.21. The van der Waals surface area contributed by atoms with Crippen LogP contribution in [-0.4, -0.2) is 13.7 Å². The first kappa shape index (κ1) is 14.2. The largest absolute Gasteiger partial charge is 0.223 e. The van der Waals surface area contributed by atoms with Crippen LogP contribution in [0.3, 0.4) is 0 Å². The van der Waals surface area contributed by atoms with Crippen molar-refractivity contribution in [1.82, 2.24) is 0 Å². The van der Waals surface area contributed by atoms with Crippen LogP contribution >= 0.6 is 0 Å². The van der Waals surface area contributed by atoms with E-state index in [9.17, 15) is 8.42 Å². The van der Waals surface area contributed by atoms with Gasteiger partial charge in [0.25, 0.3) is 0 Å². The van der Waals surface area contributed by atoms with Gasteiger partial charge in [-0.1, -0.05) is 31.5 Å². The minimum Gasteiger partial charge on any atom is -0.223 e. The van der Waals surface area contributed by atoms with Crippen molar-refractivity contribution in [3.8, 4) is 0 Å². The number of rotatable bonds is 2. The van der Waals surface area contributed by atoms with Crippen LogP contribution in [0.1, 0.15) is 33.3 Å². The van der Waals surface area contributed by atoms with Crippen molar-refractivity contribution >= 4 is 9.84 Å². The van der Waals surface area contributed by atoms with E-state index in [1.54, 1.807) is 26.0 Å². The molecule has 0 amide bonds. The zero-order valence-corrected chi connectivity index (χ0v) is 10.9. The molecule has 0 saturated carbocycles. The maximum absolute atomic E-state index is 11.6. The van der Waals surface area contributed by atoms with E-state index >= 15 is 0 Å². The molecule has 0 fully saturated rings. The van der Waals surface area contributed by atoms with Gasteiger partial charge in [-0.25, -0.2) is 8.42 Å². The second-order valence-corrected chi connectivity index (χ2v) is 5.91. The lowest BCUT2D eigenvalue weighted by molar-refractivity contribution is 0.587. The quantitative estimate of drug-likeness (QED) is 0.779. The molecule has 86 valence electrons. The third-order valence-corrected chi connectivity index (χ3v) is 4.14. The van der Waals surface area contributed by atoms with E-state index in [0.717, 1.165) is 5.56 Å². The van der Waals surface area contributed by atoms with Gasteiger partial charge in [0, 0.05) is 0 Å². The van der Waals surface area contributed by atoms with Gasteiger partial charge in [0.15, 0.2) is 9.84 Å². The van der Waals surface area contributed by atoms with Crippen LogP contribution in [0.15, 0.2) is 29.2 Å². The minimum atomic E-state index is -3.09. The second-order valence-electron chi connectivity index (χ2n) is 3.41. The molecule has 0 aliphatic heterocycles. The predicted octanol–water partition coefficient (Wildman–Crippen LogP) is 3.20. The molecule has 0 atom stereocenters. The number of benzene rings is 1. The first-order valence-electron chi connectivity index (χ1n) is 5.25. The van der Waals surface area contributed by atoms with Crippen molar-refractivity contribution in [3.05, 3.63) is 29.8 Å². The molecule has 0 aliphatic rings. The summed E-state index contributed by atoms with van der Waals surface area (Å²) in [5.41, 5.74) is 1.07. The number of aryl methyl sites for hydroxylation is 1. The van der Waals surface area contributed by atoms with E-state index in [2.05, 4.69) is 0 Å². The summed E-state index contributed by atoms with van der Waals surface area (Å²) in [5.74, 6) is 0. The van der Waals surface area contributed by atoms with Gasteiger partial charge in [-0.15, -0.1) is 0 Å². The summed E-state index contributed by atoms with van der Waals surface area (Å²) in [6, 6.07) is 6.94. The van der Waals surface area contributed by atoms with Crippen LogP contribution in [0, 0.1) is 6.92 Å². The molecular formula is C12H20O2S. The lowest BCUT2D eigenvalue weighted by Crippen LogP contribution is -2.13. The van der Waals surface area contributed by atoms with Gasteiger partial charge in [0.2, 0.25) is 0 Å². The zero-order chi connectivity index (χ0) is 12.1. The Morgan fingerprint density at radius 2 is 1.40 bits per heavy atom. The predicted molar refractivity (Wildman–Crippen MR) is 64.8 cm³/mol. The average molecular weight is 228 g/mol. The monoisotopic (exact) mass is 228 g/mol. The summed E-state index contributed by atoms with van der Waals surface area (Å²) < 4.78 is 23.3. The first-order chi connectivity index (χ1) is 6.94. The van der Waals surface area contributed by atoms with Crippen molar-refractivity contribution in [2.24, 2.45) is 0 Å². The Morgan fingerprint density at radius 3 is 1.73 bits per heavy atom. The summed E-state index contributed by atoms with van der Waals surface area (Å²) in [4.78, 5) is 0.410. The van der Waals surface area contributed by atoms with Crippen LogP contribution in [0.2, 0.25) is 0 Å². The highest BCUT2D eigenvalue weighted by molar-refractivity contribution is 7.92. The van der Waals surface area contributed by atoms with Crippen molar-refractivity contribution in [2.75, 3.05) is 0 Å². The SMILES string of the molecule is CC.Cc1ccc(S(=O)(=O)C(C)C)cc1. The van der Waals surface area contributed by atoms with Crippen LogP contribution in [-0.2, 0) is 9.84 Å². The Morgan fingerprint density at radius 1 is 1.00 bits per heavy atom. The van der Waals surface area contributed by atoms with Gasteiger partial charge in [0.05, 0.1) is 10.1 Å². The topological polar surface area (TPSA) is 34.1 Å². The standard InChI is InChI=1S/C10H14O2S.C2H6/c1-8(2)13(11,12)10-6-4-9(3)5-7-10;1-2/h4-8H,1-3H3;1-2H3. The van der Waals surface area contributed by atoms with Gasteiger partial charge < -0.3 is 0 Å². The zero-order valence-electron chi connectivity index (χ0n) is 10.1. The summed E-state index contributed by atoms with van der Waals surface area (Å²) in [5, 5.41) is -0.352. The molecule has 0 aliphatic carbocycles.